The molecule has 0 aromatic heterocycles. The molecule has 1 atom stereocenters. The summed E-state index contributed by atoms with van der Waals surface area (Å²) in [5, 5.41) is 12.7. The Balaban J connectivity index is 2.18. The van der Waals surface area contributed by atoms with Crippen molar-refractivity contribution in [1.82, 2.24) is 0 Å². The third kappa shape index (κ3) is 3.26. The Morgan fingerprint density at radius 3 is 2.68 bits per heavy atom. The third-order valence-corrected chi connectivity index (χ3v) is 3.15. The largest absolute Gasteiger partial charge is 0.497 e. The number of aliphatic hydroxyl groups is 1. The molecule has 100 valence electrons. The second kappa shape index (κ2) is 6.25. The van der Waals surface area contributed by atoms with Gasteiger partial charge in [-0.25, -0.2) is 0 Å². The predicted molar refractivity (Wildman–Crippen MR) is 77.4 cm³/mol. The average molecular weight is 257 g/mol. The van der Waals surface area contributed by atoms with E-state index in [0.29, 0.717) is 0 Å². The average Bonchev–Trinajstić information content (AvgIpc) is 2.47. The van der Waals surface area contributed by atoms with Crippen LogP contribution in [0, 0.1) is 0 Å². The van der Waals surface area contributed by atoms with Crippen molar-refractivity contribution in [3.05, 3.63) is 59.7 Å². The zero-order chi connectivity index (χ0) is 13.7. The first-order valence-corrected chi connectivity index (χ1v) is 6.34. The molecule has 2 aromatic carbocycles. The van der Waals surface area contributed by atoms with E-state index in [2.05, 4.69) is 18.3 Å². The number of hydrogen-bond donors (Lipinski definition) is 2. The van der Waals surface area contributed by atoms with Crippen molar-refractivity contribution in [1.29, 1.82) is 0 Å². The monoisotopic (exact) mass is 257 g/mol. The molecule has 3 nitrogen and oxygen atoms in total. The van der Waals surface area contributed by atoms with Crippen molar-refractivity contribution in [2.75, 3.05) is 12.4 Å². The van der Waals surface area contributed by atoms with Gasteiger partial charge in [-0.05, 0) is 30.7 Å². The second-order valence-corrected chi connectivity index (χ2v) is 4.46. The fourth-order valence-electron chi connectivity index (χ4n) is 2.03. The van der Waals surface area contributed by atoms with E-state index in [1.807, 2.05) is 42.5 Å². The third-order valence-electron chi connectivity index (χ3n) is 3.15. The normalized spacial score (nSPS) is 11.9. The van der Waals surface area contributed by atoms with Crippen molar-refractivity contribution >= 4 is 5.69 Å². The molecule has 0 amide bonds. The Kier molecular flexibility index (Phi) is 4.42. The van der Waals surface area contributed by atoms with E-state index in [1.165, 1.54) is 0 Å². The highest BCUT2D eigenvalue weighted by atomic mass is 16.5. The molecule has 2 N–H and O–H groups in total. The van der Waals surface area contributed by atoms with E-state index in [4.69, 9.17) is 4.74 Å². The highest BCUT2D eigenvalue weighted by Crippen LogP contribution is 2.24. The van der Waals surface area contributed by atoms with Crippen LogP contribution in [0.4, 0.5) is 5.69 Å². The minimum Gasteiger partial charge on any atom is -0.497 e. The molecule has 0 spiro atoms. The summed E-state index contributed by atoms with van der Waals surface area (Å²) in [4.78, 5) is 0. The molecule has 1 unspecified atom stereocenters. The topological polar surface area (TPSA) is 41.5 Å². The van der Waals surface area contributed by atoms with Gasteiger partial charge in [-0.2, -0.15) is 0 Å². The maximum atomic E-state index is 9.32. The summed E-state index contributed by atoms with van der Waals surface area (Å²) in [7, 11) is 1.66. The van der Waals surface area contributed by atoms with Crippen LogP contribution in [0.25, 0.3) is 0 Å². The van der Waals surface area contributed by atoms with Crippen LogP contribution in [0.2, 0.25) is 0 Å². The first kappa shape index (κ1) is 13.4. The lowest BCUT2D eigenvalue weighted by molar-refractivity contribution is 0.282. The van der Waals surface area contributed by atoms with Crippen LogP contribution in [0.15, 0.2) is 48.5 Å². The maximum Gasteiger partial charge on any atom is 0.119 e. The molecule has 2 aromatic rings. The van der Waals surface area contributed by atoms with Gasteiger partial charge in [0.05, 0.1) is 13.7 Å². The number of methoxy groups -OCH3 is 1. The van der Waals surface area contributed by atoms with Crippen LogP contribution >= 0.6 is 0 Å². The second-order valence-electron chi connectivity index (χ2n) is 4.46. The van der Waals surface area contributed by atoms with Crippen LogP contribution < -0.4 is 10.1 Å². The van der Waals surface area contributed by atoms with Crippen LogP contribution in [0.5, 0.6) is 5.75 Å². The molecular weight excluding hydrogens is 238 g/mol. The fraction of sp³-hybridized carbons (Fsp3) is 0.250. The molecule has 0 fully saturated rings. The van der Waals surface area contributed by atoms with Gasteiger partial charge in [0.25, 0.3) is 0 Å². The van der Waals surface area contributed by atoms with Gasteiger partial charge in [-0.1, -0.05) is 30.3 Å². The molecule has 0 aliphatic heterocycles. The van der Waals surface area contributed by atoms with Crippen LogP contribution in [-0.4, -0.2) is 12.2 Å². The number of aliphatic hydroxyl groups excluding tert-OH is 1. The van der Waals surface area contributed by atoms with Gasteiger partial charge < -0.3 is 15.2 Å². The first-order chi connectivity index (χ1) is 9.24. The summed E-state index contributed by atoms with van der Waals surface area (Å²) < 4.78 is 5.23. The van der Waals surface area contributed by atoms with Gasteiger partial charge in [-0.15, -0.1) is 0 Å². The Hall–Kier alpha value is -2.00. The summed E-state index contributed by atoms with van der Waals surface area (Å²) in [6.45, 7) is 2.12. The summed E-state index contributed by atoms with van der Waals surface area (Å²) >= 11 is 0. The van der Waals surface area contributed by atoms with Gasteiger partial charge in [0.15, 0.2) is 0 Å². The SMILES string of the molecule is COc1cccc(C(C)Nc2ccccc2CO)c1. The summed E-state index contributed by atoms with van der Waals surface area (Å²) in [6.07, 6.45) is 0. The van der Waals surface area contributed by atoms with E-state index >= 15 is 0 Å². The number of anilines is 1. The molecule has 3 heteroatoms. The van der Waals surface area contributed by atoms with Crippen molar-refractivity contribution < 1.29 is 9.84 Å². The quantitative estimate of drug-likeness (QED) is 0.863. The minimum absolute atomic E-state index is 0.0357. The van der Waals surface area contributed by atoms with Crippen molar-refractivity contribution in [3.8, 4) is 5.75 Å². The Labute approximate surface area is 113 Å². The zero-order valence-corrected chi connectivity index (χ0v) is 11.3. The van der Waals surface area contributed by atoms with E-state index in [0.717, 1.165) is 22.6 Å². The van der Waals surface area contributed by atoms with E-state index in [1.54, 1.807) is 7.11 Å². The van der Waals surface area contributed by atoms with Gasteiger partial charge in [0.1, 0.15) is 5.75 Å². The van der Waals surface area contributed by atoms with Gasteiger partial charge in [0.2, 0.25) is 0 Å². The lowest BCUT2D eigenvalue weighted by atomic mass is 10.1. The Bertz CT molecular complexity index is 540. The van der Waals surface area contributed by atoms with Crippen molar-refractivity contribution in [2.24, 2.45) is 0 Å². The predicted octanol–water partition coefficient (Wildman–Crippen LogP) is 3.36. The zero-order valence-electron chi connectivity index (χ0n) is 11.3. The van der Waals surface area contributed by atoms with E-state index in [-0.39, 0.29) is 12.6 Å². The van der Waals surface area contributed by atoms with Gasteiger partial charge >= 0.3 is 0 Å². The maximum absolute atomic E-state index is 9.32. The van der Waals surface area contributed by atoms with Crippen LogP contribution in [0.3, 0.4) is 0 Å². The lowest BCUT2D eigenvalue weighted by Gasteiger charge is -2.18. The minimum atomic E-state index is 0.0357. The summed E-state index contributed by atoms with van der Waals surface area (Å²) in [5.74, 6) is 0.849. The van der Waals surface area contributed by atoms with Gasteiger partial charge in [0, 0.05) is 17.3 Å². The molecule has 0 aliphatic rings. The van der Waals surface area contributed by atoms with Crippen molar-refractivity contribution in [3.63, 3.8) is 0 Å². The number of para-hydroxylation sites is 1. The summed E-state index contributed by atoms with van der Waals surface area (Å²) in [5.41, 5.74) is 3.00. The number of hydrogen-bond acceptors (Lipinski definition) is 3. The lowest BCUT2D eigenvalue weighted by Crippen LogP contribution is -2.08. The molecule has 19 heavy (non-hydrogen) atoms. The molecule has 0 saturated carbocycles. The molecule has 2 rings (SSSR count). The summed E-state index contributed by atoms with van der Waals surface area (Å²) in [6, 6.07) is 15.9. The smallest absolute Gasteiger partial charge is 0.119 e. The standard InChI is InChI=1S/C16H19NO2/c1-12(13-7-5-8-15(10-13)19-2)17-16-9-4-3-6-14(16)11-18/h3-10,12,17-18H,11H2,1-2H3. The van der Waals surface area contributed by atoms with Crippen LogP contribution in [-0.2, 0) is 6.61 Å². The molecule has 0 bridgehead atoms. The van der Waals surface area contributed by atoms with Crippen LogP contribution in [0.1, 0.15) is 24.1 Å². The van der Waals surface area contributed by atoms with E-state index < -0.39 is 0 Å². The first-order valence-electron chi connectivity index (χ1n) is 6.34. The van der Waals surface area contributed by atoms with Crippen molar-refractivity contribution in [2.45, 2.75) is 19.6 Å². The van der Waals surface area contributed by atoms with E-state index in [9.17, 15) is 5.11 Å². The number of ether oxygens (including phenoxy) is 1. The molecule has 0 saturated heterocycles. The Morgan fingerprint density at radius 1 is 1.16 bits per heavy atom. The molecule has 0 aliphatic carbocycles. The highest BCUT2D eigenvalue weighted by Gasteiger charge is 2.08. The number of nitrogens with one attached hydrogen (secondary N) is 1. The Morgan fingerprint density at radius 2 is 1.95 bits per heavy atom. The molecule has 0 heterocycles. The number of benzene rings is 2. The fourth-order valence-corrected chi connectivity index (χ4v) is 2.03. The highest BCUT2D eigenvalue weighted by molar-refractivity contribution is 5.52. The molecular formula is C16H19NO2. The van der Waals surface area contributed by atoms with Gasteiger partial charge in [-0.3, -0.25) is 0 Å². The molecule has 0 radical (unpaired) electrons. The number of rotatable bonds is 5.